The van der Waals surface area contributed by atoms with Gasteiger partial charge in [-0.15, -0.1) is 0 Å². The molecule has 1 aliphatic rings. The Kier molecular flexibility index (Phi) is 2.73. The van der Waals surface area contributed by atoms with Crippen molar-refractivity contribution in [2.75, 3.05) is 5.75 Å². The standard InChI is InChI=1S/C10H10ClFO2S/c11-15(13,14)6-8-2-1-7-5-9(12)3-4-10(7)8/h3-5,8H,1-2,6H2. The lowest BCUT2D eigenvalue weighted by atomic mass is 10.0. The molecule has 0 aliphatic heterocycles. The summed E-state index contributed by atoms with van der Waals surface area (Å²) in [5.74, 6) is -0.418. The van der Waals surface area contributed by atoms with Crippen LogP contribution < -0.4 is 0 Å². The van der Waals surface area contributed by atoms with Crippen LogP contribution in [0.1, 0.15) is 23.5 Å². The molecule has 2 nitrogen and oxygen atoms in total. The van der Waals surface area contributed by atoms with E-state index in [1.807, 2.05) is 0 Å². The molecule has 1 aromatic rings. The van der Waals surface area contributed by atoms with E-state index < -0.39 is 9.05 Å². The lowest BCUT2D eigenvalue weighted by Gasteiger charge is -2.08. The van der Waals surface area contributed by atoms with Crippen molar-refractivity contribution >= 4 is 19.7 Å². The molecule has 1 aliphatic carbocycles. The minimum Gasteiger partial charge on any atom is -0.212 e. The maximum absolute atomic E-state index is 12.9. The van der Waals surface area contributed by atoms with Gasteiger partial charge in [-0.2, -0.15) is 0 Å². The van der Waals surface area contributed by atoms with Crippen molar-refractivity contribution in [3.05, 3.63) is 35.1 Å². The predicted octanol–water partition coefficient (Wildman–Crippen LogP) is 2.42. The van der Waals surface area contributed by atoms with Crippen molar-refractivity contribution in [2.24, 2.45) is 0 Å². The number of hydrogen-bond acceptors (Lipinski definition) is 2. The lowest BCUT2D eigenvalue weighted by molar-refractivity contribution is 0.600. The molecular weight excluding hydrogens is 239 g/mol. The Morgan fingerprint density at radius 3 is 2.87 bits per heavy atom. The lowest BCUT2D eigenvalue weighted by Crippen LogP contribution is -2.07. The van der Waals surface area contributed by atoms with Gasteiger partial charge in [0.25, 0.3) is 0 Å². The van der Waals surface area contributed by atoms with Crippen LogP contribution in [0.5, 0.6) is 0 Å². The largest absolute Gasteiger partial charge is 0.233 e. The maximum atomic E-state index is 12.9. The second-order valence-corrected chi connectivity index (χ2v) is 6.61. The molecule has 2 rings (SSSR count). The molecule has 0 spiro atoms. The topological polar surface area (TPSA) is 34.1 Å². The van der Waals surface area contributed by atoms with Crippen molar-refractivity contribution < 1.29 is 12.8 Å². The summed E-state index contributed by atoms with van der Waals surface area (Å²) in [7, 11) is 1.73. The fourth-order valence-electron chi connectivity index (χ4n) is 2.09. The molecule has 0 saturated carbocycles. The van der Waals surface area contributed by atoms with E-state index in [0.29, 0.717) is 0 Å². The van der Waals surface area contributed by atoms with E-state index in [-0.39, 0.29) is 17.5 Å². The van der Waals surface area contributed by atoms with Gasteiger partial charge in [-0.25, -0.2) is 12.8 Å². The molecular formula is C10H10ClFO2S. The fraction of sp³-hybridized carbons (Fsp3) is 0.400. The van der Waals surface area contributed by atoms with E-state index in [1.54, 1.807) is 6.07 Å². The van der Waals surface area contributed by atoms with Gasteiger partial charge in [0.1, 0.15) is 5.82 Å². The molecule has 15 heavy (non-hydrogen) atoms. The number of fused-ring (bicyclic) bond motifs is 1. The fourth-order valence-corrected chi connectivity index (χ4v) is 3.37. The van der Waals surface area contributed by atoms with Gasteiger partial charge in [-0.3, -0.25) is 0 Å². The molecule has 82 valence electrons. The van der Waals surface area contributed by atoms with Crippen LogP contribution in [-0.2, 0) is 15.5 Å². The molecule has 1 atom stereocenters. The summed E-state index contributed by atoms with van der Waals surface area (Å²) in [6, 6.07) is 4.48. The molecule has 0 fully saturated rings. The molecule has 0 bridgehead atoms. The van der Waals surface area contributed by atoms with Crippen LogP contribution in [0.25, 0.3) is 0 Å². The normalized spacial score (nSPS) is 20.3. The van der Waals surface area contributed by atoms with Gasteiger partial charge < -0.3 is 0 Å². The highest BCUT2D eigenvalue weighted by molar-refractivity contribution is 8.13. The summed E-state index contributed by atoms with van der Waals surface area (Å²) in [5.41, 5.74) is 1.82. The van der Waals surface area contributed by atoms with Crippen LogP contribution in [0.4, 0.5) is 4.39 Å². The Labute approximate surface area is 92.5 Å². The van der Waals surface area contributed by atoms with Crippen LogP contribution in [-0.4, -0.2) is 14.2 Å². The highest BCUT2D eigenvalue weighted by Gasteiger charge is 2.26. The van der Waals surface area contributed by atoms with E-state index in [1.165, 1.54) is 12.1 Å². The molecule has 0 heterocycles. The zero-order valence-electron chi connectivity index (χ0n) is 7.91. The smallest absolute Gasteiger partial charge is 0.212 e. The Bertz CT molecular complexity index is 484. The minimum absolute atomic E-state index is 0.0623. The third kappa shape index (κ3) is 2.49. The van der Waals surface area contributed by atoms with Gasteiger partial charge in [0.15, 0.2) is 0 Å². The molecule has 0 saturated heterocycles. The number of halogens is 2. The monoisotopic (exact) mass is 248 g/mol. The van der Waals surface area contributed by atoms with E-state index in [2.05, 4.69) is 0 Å². The quantitative estimate of drug-likeness (QED) is 0.754. The second kappa shape index (κ2) is 3.76. The third-order valence-electron chi connectivity index (χ3n) is 2.71. The van der Waals surface area contributed by atoms with Crippen LogP contribution >= 0.6 is 10.7 Å². The Balaban J connectivity index is 2.29. The molecule has 1 unspecified atom stereocenters. The van der Waals surface area contributed by atoms with Gasteiger partial charge in [0.2, 0.25) is 9.05 Å². The first kappa shape index (κ1) is 10.9. The maximum Gasteiger partial charge on any atom is 0.233 e. The van der Waals surface area contributed by atoms with Crippen molar-refractivity contribution in [1.82, 2.24) is 0 Å². The van der Waals surface area contributed by atoms with Crippen LogP contribution in [0, 0.1) is 5.82 Å². The zero-order chi connectivity index (χ0) is 11.1. The SMILES string of the molecule is O=S(=O)(Cl)CC1CCc2cc(F)ccc21. The third-order valence-corrected chi connectivity index (χ3v) is 3.89. The summed E-state index contributed by atoms with van der Waals surface area (Å²) >= 11 is 0. The first-order chi connectivity index (χ1) is 6.96. The van der Waals surface area contributed by atoms with Crippen molar-refractivity contribution in [2.45, 2.75) is 18.8 Å². The van der Waals surface area contributed by atoms with Gasteiger partial charge in [0, 0.05) is 10.7 Å². The van der Waals surface area contributed by atoms with Gasteiger partial charge in [0.05, 0.1) is 5.75 Å². The molecule has 1 aromatic carbocycles. The average Bonchev–Trinajstić information content (AvgIpc) is 2.45. The molecule has 5 heteroatoms. The Morgan fingerprint density at radius 2 is 2.20 bits per heavy atom. The Hall–Kier alpha value is -0.610. The molecule has 0 N–H and O–H groups in total. The Morgan fingerprint density at radius 1 is 1.47 bits per heavy atom. The number of benzene rings is 1. The molecule has 0 aromatic heterocycles. The summed E-state index contributed by atoms with van der Waals surface area (Å²) in [4.78, 5) is 0. The van der Waals surface area contributed by atoms with E-state index in [4.69, 9.17) is 10.7 Å². The van der Waals surface area contributed by atoms with Gasteiger partial charge in [-0.1, -0.05) is 6.07 Å². The van der Waals surface area contributed by atoms with Crippen molar-refractivity contribution in [1.29, 1.82) is 0 Å². The summed E-state index contributed by atoms with van der Waals surface area (Å²) in [5, 5.41) is 0. The van der Waals surface area contributed by atoms with Crippen LogP contribution in [0.3, 0.4) is 0 Å². The van der Waals surface area contributed by atoms with Gasteiger partial charge in [-0.05, 0) is 42.0 Å². The molecule has 0 radical (unpaired) electrons. The molecule has 0 amide bonds. The van der Waals surface area contributed by atoms with Gasteiger partial charge >= 0.3 is 0 Å². The second-order valence-electron chi connectivity index (χ2n) is 3.78. The number of rotatable bonds is 2. The van der Waals surface area contributed by atoms with Crippen LogP contribution in [0.15, 0.2) is 18.2 Å². The first-order valence-corrected chi connectivity index (χ1v) is 7.14. The first-order valence-electron chi connectivity index (χ1n) is 4.66. The van der Waals surface area contributed by atoms with Crippen molar-refractivity contribution in [3.63, 3.8) is 0 Å². The summed E-state index contributed by atoms with van der Waals surface area (Å²) < 4.78 is 34.8. The van der Waals surface area contributed by atoms with Crippen LogP contribution in [0.2, 0.25) is 0 Å². The highest BCUT2D eigenvalue weighted by atomic mass is 35.7. The summed E-state index contributed by atoms with van der Waals surface area (Å²) in [6.45, 7) is 0. The zero-order valence-corrected chi connectivity index (χ0v) is 9.48. The van der Waals surface area contributed by atoms with E-state index in [9.17, 15) is 12.8 Å². The van der Waals surface area contributed by atoms with E-state index >= 15 is 0 Å². The average molecular weight is 249 g/mol. The summed E-state index contributed by atoms with van der Waals surface area (Å²) in [6.07, 6.45) is 1.45. The number of aryl methyl sites for hydroxylation is 1. The van der Waals surface area contributed by atoms with Crippen molar-refractivity contribution in [3.8, 4) is 0 Å². The predicted molar refractivity (Wildman–Crippen MR) is 57.1 cm³/mol. The highest BCUT2D eigenvalue weighted by Crippen LogP contribution is 2.34. The van der Waals surface area contributed by atoms with E-state index in [0.717, 1.165) is 24.0 Å². The minimum atomic E-state index is -3.48. The number of hydrogen-bond donors (Lipinski definition) is 0.